The van der Waals surface area contributed by atoms with Crippen molar-refractivity contribution < 1.29 is 23.8 Å². The second kappa shape index (κ2) is 9.30. The molecular weight excluding hydrogens is 386 g/mol. The molecule has 3 rings (SSSR count). The Bertz CT molecular complexity index is 971. The maximum atomic E-state index is 12.6. The molecule has 30 heavy (non-hydrogen) atoms. The molecule has 1 atom stereocenters. The lowest BCUT2D eigenvalue weighted by Crippen LogP contribution is -2.48. The molecule has 0 bridgehead atoms. The van der Waals surface area contributed by atoms with Crippen LogP contribution < -0.4 is 25.0 Å². The fraction of sp³-hybridized carbons (Fsp3) is 0.318. The number of rotatable bonds is 7. The van der Waals surface area contributed by atoms with E-state index in [0.29, 0.717) is 17.1 Å². The van der Waals surface area contributed by atoms with Crippen LogP contribution in [0, 0.1) is 12.8 Å². The van der Waals surface area contributed by atoms with E-state index in [1.165, 1.54) is 0 Å². The first-order chi connectivity index (χ1) is 14.4. The Morgan fingerprint density at radius 2 is 1.90 bits per heavy atom. The van der Waals surface area contributed by atoms with Crippen LogP contribution in [-0.4, -0.2) is 38.0 Å². The highest BCUT2D eigenvalue weighted by molar-refractivity contribution is 5.98. The number of methoxy groups -OCH3 is 1. The first-order valence-corrected chi connectivity index (χ1v) is 9.57. The van der Waals surface area contributed by atoms with Gasteiger partial charge in [-0.3, -0.25) is 9.59 Å². The van der Waals surface area contributed by atoms with Crippen molar-refractivity contribution in [3.05, 3.63) is 53.1 Å². The van der Waals surface area contributed by atoms with Gasteiger partial charge in [-0.2, -0.15) is 5.10 Å². The number of carbonyl (C=O) groups excluding carboxylic acids is 2. The standard InChI is InChI=1S/C22H25N3O5/c1-13(2)20(24-21(26)15-6-8-18-19(10-15)30-12-29-18)22(27)25-23-11-16-5-7-17(28-4)9-14(16)3/h5-11,13,20H,12H2,1-4H3,(H,24,26)(H,25,27). The summed E-state index contributed by atoms with van der Waals surface area (Å²) in [7, 11) is 1.60. The number of carbonyl (C=O) groups is 2. The van der Waals surface area contributed by atoms with Crippen molar-refractivity contribution in [3.8, 4) is 17.2 Å². The second-order valence-electron chi connectivity index (χ2n) is 7.22. The van der Waals surface area contributed by atoms with E-state index in [2.05, 4.69) is 15.8 Å². The summed E-state index contributed by atoms with van der Waals surface area (Å²) in [5.74, 6) is 0.930. The Morgan fingerprint density at radius 3 is 2.60 bits per heavy atom. The number of nitrogens with zero attached hydrogens (tertiary/aromatic N) is 1. The summed E-state index contributed by atoms with van der Waals surface area (Å²) in [6, 6.07) is 9.69. The monoisotopic (exact) mass is 411 g/mol. The predicted molar refractivity (Wildman–Crippen MR) is 112 cm³/mol. The van der Waals surface area contributed by atoms with E-state index in [1.807, 2.05) is 39.0 Å². The fourth-order valence-corrected chi connectivity index (χ4v) is 2.95. The topological polar surface area (TPSA) is 98.2 Å². The SMILES string of the molecule is COc1ccc(C=NNC(=O)C(NC(=O)c2ccc3c(c2)OCO3)C(C)C)c(C)c1. The van der Waals surface area contributed by atoms with Crippen molar-refractivity contribution in [3.63, 3.8) is 0 Å². The average Bonchev–Trinajstić information content (AvgIpc) is 3.20. The number of benzene rings is 2. The quantitative estimate of drug-likeness (QED) is 0.539. The van der Waals surface area contributed by atoms with Crippen molar-refractivity contribution in [2.45, 2.75) is 26.8 Å². The number of hydrogen-bond acceptors (Lipinski definition) is 6. The Kier molecular flexibility index (Phi) is 6.56. The van der Waals surface area contributed by atoms with Crippen molar-refractivity contribution >= 4 is 18.0 Å². The van der Waals surface area contributed by atoms with Gasteiger partial charge in [-0.25, -0.2) is 5.43 Å². The molecule has 1 aliphatic heterocycles. The summed E-state index contributed by atoms with van der Waals surface area (Å²) in [6.07, 6.45) is 1.56. The summed E-state index contributed by atoms with van der Waals surface area (Å²) >= 11 is 0. The van der Waals surface area contributed by atoms with Gasteiger partial charge in [-0.1, -0.05) is 13.8 Å². The van der Waals surface area contributed by atoms with Crippen LogP contribution >= 0.6 is 0 Å². The van der Waals surface area contributed by atoms with E-state index in [4.69, 9.17) is 14.2 Å². The lowest BCUT2D eigenvalue weighted by Gasteiger charge is -2.20. The van der Waals surface area contributed by atoms with Crippen molar-refractivity contribution in [1.29, 1.82) is 0 Å². The van der Waals surface area contributed by atoms with Crippen LogP contribution in [0.5, 0.6) is 17.2 Å². The molecule has 0 fully saturated rings. The number of fused-ring (bicyclic) bond motifs is 1. The largest absolute Gasteiger partial charge is 0.497 e. The number of ether oxygens (including phenoxy) is 3. The molecule has 0 saturated heterocycles. The van der Waals surface area contributed by atoms with Crippen molar-refractivity contribution in [2.75, 3.05) is 13.9 Å². The maximum absolute atomic E-state index is 12.6. The Hall–Kier alpha value is -3.55. The molecule has 2 amide bonds. The molecule has 158 valence electrons. The highest BCUT2D eigenvalue weighted by atomic mass is 16.7. The first kappa shape index (κ1) is 21.2. The van der Waals surface area contributed by atoms with Gasteiger partial charge in [-0.05, 0) is 60.4 Å². The Labute approximate surface area is 175 Å². The molecule has 0 spiro atoms. The van der Waals surface area contributed by atoms with E-state index in [9.17, 15) is 9.59 Å². The van der Waals surface area contributed by atoms with Crippen LogP contribution in [0.2, 0.25) is 0 Å². The Morgan fingerprint density at radius 1 is 1.13 bits per heavy atom. The van der Waals surface area contributed by atoms with Gasteiger partial charge < -0.3 is 19.5 Å². The minimum atomic E-state index is -0.753. The van der Waals surface area contributed by atoms with Gasteiger partial charge in [0.25, 0.3) is 11.8 Å². The first-order valence-electron chi connectivity index (χ1n) is 9.57. The van der Waals surface area contributed by atoms with Gasteiger partial charge >= 0.3 is 0 Å². The molecule has 1 heterocycles. The van der Waals surface area contributed by atoms with E-state index in [-0.39, 0.29) is 18.6 Å². The minimum Gasteiger partial charge on any atom is -0.497 e. The molecular formula is C22H25N3O5. The molecule has 8 nitrogen and oxygen atoms in total. The van der Waals surface area contributed by atoms with Gasteiger partial charge in [0, 0.05) is 5.56 Å². The van der Waals surface area contributed by atoms with Crippen LogP contribution in [0.25, 0.3) is 0 Å². The van der Waals surface area contributed by atoms with Gasteiger partial charge in [0.05, 0.1) is 13.3 Å². The highest BCUT2D eigenvalue weighted by Crippen LogP contribution is 2.32. The van der Waals surface area contributed by atoms with Crippen LogP contribution in [0.1, 0.15) is 35.3 Å². The summed E-state index contributed by atoms with van der Waals surface area (Å²) in [6.45, 7) is 5.75. The van der Waals surface area contributed by atoms with Crippen molar-refractivity contribution in [1.82, 2.24) is 10.7 Å². The van der Waals surface area contributed by atoms with Crippen LogP contribution in [0.3, 0.4) is 0 Å². The smallest absolute Gasteiger partial charge is 0.262 e. The maximum Gasteiger partial charge on any atom is 0.262 e. The zero-order valence-electron chi connectivity index (χ0n) is 17.4. The molecule has 1 aliphatic rings. The predicted octanol–water partition coefficient (Wildman–Crippen LogP) is 2.64. The van der Waals surface area contributed by atoms with Crippen LogP contribution in [-0.2, 0) is 4.79 Å². The number of hydrazone groups is 1. The molecule has 0 aromatic heterocycles. The molecule has 2 aromatic carbocycles. The van der Waals surface area contributed by atoms with Gasteiger partial charge in [-0.15, -0.1) is 0 Å². The zero-order chi connectivity index (χ0) is 21.7. The summed E-state index contributed by atoms with van der Waals surface area (Å²) in [5, 5.41) is 6.80. The van der Waals surface area contributed by atoms with Crippen LogP contribution in [0.15, 0.2) is 41.5 Å². The second-order valence-corrected chi connectivity index (χ2v) is 7.22. The fourth-order valence-electron chi connectivity index (χ4n) is 2.95. The Balaban J connectivity index is 1.64. The lowest BCUT2D eigenvalue weighted by atomic mass is 10.0. The third kappa shape index (κ3) is 4.89. The zero-order valence-corrected chi connectivity index (χ0v) is 17.4. The molecule has 2 aromatic rings. The summed E-state index contributed by atoms with van der Waals surface area (Å²) in [5.41, 5.74) is 4.70. The number of nitrogens with one attached hydrogen (secondary N) is 2. The molecule has 0 aliphatic carbocycles. The van der Waals surface area contributed by atoms with Crippen molar-refractivity contribution in [2.24, 2.45) is 11.0 Å². The number of amides is 2. The third-order valence-electron chi connectivity index (χ3n) is 4.73. The minimum absolute atomic E-state index is 0.128. The molecule has 1 unspecified atom stereocenters. The number of aryl methyl sites for hydroxylation is 1. The number of hydrogen-bond donors (Lipinski definition) is 2. The summed E-state index contributed by atoms with van der Waals surface area (Å²) < 4.78 is 15.7. The normalized spacial score (nSPS) is 13.4. The van der Waals surface area contributed by atoms with Gasteiger partial charge in [0.2, 0.25) is 6.79 Å². The average molecular weight is 411 g/mol. The molecule has 0 saturated carbocycles. The van der Waals surface area contributed by atoms with E-state index >= 15 is 0 Å². The highest BCUT2D eigenvalue weighted by Gasteiger charge is 2.25. The molecule has 2 N–H and O–H groups in total. The lowest BCUT2D eigenvalue weighted by molar-refractivity contribution is -0.123. The van der Waals surface area contributed by atoms with Gasteiger partial charge in [0.15, 0.2) is 11.5 Å². The summed E-state index contributed by atoms with van der Waals surface area (Å²) in [4.78, 5) is 25.2. The van der Waals surface area contributed by atoms with E-state index in [1.54, 1.807) is 31.5 Å². The van der Waals surface area contributed by atoms with Crippen LogP contribution in [0.4, 0.5) is 0 Å². The third-order valence-corrected chi connectivity index (χ3v) is 4.73. The molecule has 0 radical (unpaired) electrons. The van der Waals surface area contributed by atoms with E-state index in [0.717, 1.165) is 16.9 Å². The molecule has 8 heteroatoms. The van der Waals surface area contributed by atoms with E-state index < -0.39 is 11.9 Å². The van der Waals surface area contributed by atoms with Gasteiger partial charge in [0.1, 0.15) is 11.8 Å².